The lowest BCUT2D eigenvalue weighted by molar-refractivity contribution is -0.472. The summed E-state index contributed by atoms with van der Waals surface area (Å²) in [5.74, 6) is -0.0754. The Morgan fingerprint density at radius 3 is 1.81 bits per heavy atom. The molecule has 25 heteroatoms. The highest BCUT2D eigenvalue weighted by molar-refractivity contribution is 5.96. The number of methoxy groups -OCH3 is 5. The van der Waals surface area contributed by atoms with Gasteiger partial charge in [0.15, 0.2) is 37.2 Å². The molecule has 10 fully saturated rings. The second kappa shape index (κ2) is 29.2. The summed E-state index contributed by atoms with van der Waals surface area (Å²) in [6, 6.07) is 0. The van der Waals surface area contributed by atoms with E-state index in [1.54, 1.807) is 41.4 Å². The smallest absolute Gasteiger partial charge is 0.252 e. The highest BCUT2D eigenvalue weighted by Crippen LogP contribution is 2.68. The van der Waals surface area contributed by atoms with E-state index < -0.39 is 165 Å². The topological polar surface area (TPSA) is 272 Å². The third-order valence-electron chi connectivity index (χ3n) is 24.2. The van der Waals surface area contributed by atoms with E-state index in [1.807, 2.05) is 48.5 Å². The highest BCUT2D eigenvalue weighted by atomic mass is 17.2. The van der Waals surface area contributed by atoms with Crippen LogP contribution in [0.4, 0.5) is 0 Å². The Morgan fingerprint density at radius 2 is 1.18 bits per heavy atom. The van der Waals surface area contributed by atoms with Crippen molar-refractivity contribution in [3.63, 3.8) is 0 Å². The summed E-state index contributed by atoms with van der Waals surface area (Å²) in [4.78, 5) is 25.6. The van der Waals surface area contributed by atoms with E-state index in [0.717, 1.165) is 44.9 Å². The second-order valence-corrected chi connectivity index (χ2v) is 29.8. The first-order chi connectivity index (χ1) is 44.8. The fourth-order valence-electron chi connectivity index (χ4n) is 18.8. The summed E-state index contributed by atoms with van der Waals surface area (Å²) in [6.45, 7) is 19.9. The number of aliphatic hydroxyl groups excluding tert-OH is 2. The summed E-state index contributed by atoms with van der Waals surface area (Å²) >= 11 is 0. The van der Waals surface area contributed by atoms with E-state index in [0.29, 0.717) is 55.6 Å². The van der Waals surface area contributed by atoms with E-state index in [9.17, 15) is 20.1 Å². The largest absolute Gasteiger partial charge is 0.493 e. The molecule has 12 rings (SSSR count). The Bertz CT molecular complexity index is 2610. The third kappa shape index (κ3) is 14.0. The number of carbonyl (C=O) groups is 1. The maximum atomic E-state index is 13.1. The standard InChI is InChI=1S/C69H110O25/c1-33-24-47(74-11)59(72)65(80-33)87-42-18-21-66(9)41(25-42)16-17-43-44(66)19-22-67(10)45(43)20-23-69(67,73)40(8)86-54-30-51-64(38(6)85-54)93-94-68(32-79-51)31-52(78-15)63(39(7)92-68)91-57-29-50(77-14)61(36(4)84-57)89-53-26-46(70)60(35(3)82-53)88-56-28-49(76-13)62(37(5)83-56)90-55-27-48(75-12)58(71)34(2)81-55/h16,24,33-40,42-46,48-58,60-65,70-71,73H,17-23,25-32H2,1-15H3/t33-,34-,35-,36-,37-,38-,39-,40+,42+,43-,44+,45+,46-,48+,49+,50+,51-,52-,53+,54+,55+,56+,57+,58-,60-,61-,62-,63-,64-,65+,66+,67+,68+,69+/m1/s1. The minimum atomic E-state index is -1.34. The Labute approximate surface area is 554 Å². The van der Waals surface area contributed by atoms with Crippen molar-refractivity contribution in [3.05, 3.63) is 23.5 Å². The zero-order chi connectivity index (χ0) is 66.9. The van der Waals surface area contributed by atoms with Crippen molar-refractivity contribution in [3.8, 4) is 0 Å². The van der Waals surface area contributed by atoms with Gasteiger partial charge in [0.05, 0.1) is 104 Å². The van der Waals surface area contributed by atoms with Crippen LogP contribution in [0.15, 0.2) is 23.5 Å². The maximum Gasteiger partial charge on any atom is 0.252 e. The first-order valence-corrected chi connectivity index (χ1v) is 35.0. The molecule has 4 aliphatic carbocycles. The van der Waals surface area contributed by atoms with Crippen LogP contribution < -0.4 is 0 Å². The van der Waals surface area contributed by atoms with Gasteiger partial charge in [-0.2, -0.15) is 4.89 Å². The molecule has 25 nitrogen and oxygen atoms in total. The summed E-state index contributed by atoms with van der Waals surface area (Å²) in [5.41, 5.74) is 0.0000663. The predicted octanol–water partition coefficient (Wildman–Crippen LogP) is 6.53. The molecular weight excluding hydrogens is 1230 g/mol. The van der Waals surface area contributed by atoms with Crippen molar-refractivity contribution in [1.29, 1.82) is 0 Å². The number of hydrogen-bond acceptors (Lipinski definition) is 25. The van der Waals surface area contributed by atoms with Crippen molar-refractivity contribution in [2.24, 2.45) is 28.6 Å². The normalized spacial score (nSPS) is 51.9. The summed E-state index contributed by atoms with van der Waals surface area (Å²) in [6.07, 6.45) is -2.72. The van der Waals surface area contributed by atoms with Crippen molar-refractivity contribution in [2.45, 2.75) is 336 Å². The van der Waals surface area contributed by atoms with Crippen LogP contribution in [0.3, 0.4) is 0 Å². The highest BCUT2D eigenvalue weighted by Gasteiger charge is 2.66. The Hall–Kier alpha value is -1.97. The molecule has 0 aromatic heterocycles. The number of carbonyl (C=O) groups excluding carboxylic acids is 1. The molecule has 0 aromatic rings. The second-order valence-electron chi connectivity index (χ2n) is 29.8. The maximum absolute atomic E-state index is 13.1. The summed E-state index contributed by atoms with van der Waals surface area (Å²) in [5, 5.41) is 35.1. The van der Waals surface area contributed by atoms with Crippen molar-refractivity contribution >= 4 is 5.78 Å². The van der Waals surface area contributed by atoms with Crippen LogP contribution in [0.1, 0.15) is 159 Å². The minimum Gasteiger partial charge on any atom is -0.493 e. The van der Waals surface area contributed by atoms with E-state index in [4.69, 9.17) is 99.8 Å². The zero-order valence-electron chi connectivity index (χ0n) is 57.9. The van der Waals surface area contributed by atoms with Crippen LogP contribution in [0.5, 0.6) is 0 Å². The zero-order valence-corrected chi connectivity index (χ0v) is 57.9. The first kappa shape index (κ1) is 71.8. The van der Waals surface area contributed by atoms with Crippen LogP contribution in [-0.4, -0.2) is 241 Å². The van der Waals surface area contributed by atoms with Gasteiger partial charge in [-0.3, -0.25) is 4.79 Å². The van der Waals surface area contributed by atoms with Gasteiger partial charge in [-0.25, -0.2) is 4.89 Å². The number of Topliss-reactive ketones (excluding diaryl/α,β-unsaturated/α-hetero) is 1. The fraction of sp³-hybridized carbons (Fsp3) is 0.928. The van der Waals surface area contributed by atoms with Crippen LogP contribution in [0.2, 0.25) is 0 Å². The van der Waals surface area contributed by atoms with Crippen molar-refractivity contribution in [2.75, 3.05) is 42.2 Å². The number of ether oxygens (including phenoxy) is 19. The van der Waals surface area contributed by atoms with Gasteiger partial charge >= 0.3 is 0 Å². The molecule has 0 amide bonds. The van der Waals surface area contributed by atoms with Crippen LogP contribution in [0, 0.1) is 28.6 Å². The summed E-state index contributed by atoms with van der Waals surface area (Å²) < 4.78 is 119. The Morgan fingerprint density at radius 1 is 0.606 bits per heavy atom. The van der Waals surface area contributed by atoms with Gasteiger partial charge in [0, 0.05) is 72.4 Å². The number of aliphatic hydroxyl groups is 3. The molecule has 94 heavy (non-hydrogen) atoms. The van der Waals surface area contributed by atoms with Gasteiger partial charge in [0.2, 0.25) is 12.1 Å². The lowest BCUT2D eigenvalue weighted by Gasteiger charge is -2.59. The lowest BCUT2D eigenvalue weighted by atomic mass is 9.46. The van der Waals surface area contributed by atoms with E-state index in [1.165, 1.54) is 12.7 Å². The van der Waals surface area contributed by atoms with Gasteiger partial charge in [-0.1, -0.05) is 25.5 Å². The molecular formula is C69H110O25. The lowest BCUT2D eigenvalue weighted by Crippen LogP contribution is -2.60. The van der Waals surface area contributed by atoms with Crippen LogP contribution in [-0.2, 0) is 105 Å². The Balaban J connectivity index is 0.601. The molecule has 8 aliphatic heterocycles. The molecule has 8 heterocycles. The van der Waals surface area contributed by atoms with Gasteiger partial charge in [-0.05, 0) is 136 Å². The van der Waals surface area contributed by atoms with E-state index in [2.05, 4.69) is 19.9 Å². The molecule has 34 atom stereocenters. The van der Waals surface area contributed by atoms with Crippen LogP contribution in [0.25, 0.3) is 0 Å². The number of rotatable bonds is 18. The van der Waals surface area contributed by atoms with E-state index >= 15 is 0 Å². The van der Waals surface area contributed by atoms with Gasteiger partial charge < -0.3 is 105 Å². The fourth-order valence-corrected chi connectivity index (χ4v) is 18.8. The molecule has 536 valence electrons. The molecule has 3 saturated carbocycles. The molecule has 12 aliphatic rings. The minimum absolute atomic E-state index is 0.0182. The number of fused-ring (bicyclic) bond motifs is 6. The molecule has 0 radical (unpaired) electrons. The SMILES string of the molecule is COC1=C[C@@H](C)O[C@@H](O[C@H]2CC[C@@]3(C)C(=CC[C@@H]4[C@@H]3CC[C@@]3(C)[C@H]4CC[C@]3(O)[C@H](C)O[C@H]3C[C@H]4OC[C@]5(C[C@@H](OC)[C@H](O[C@H]6C[C@H](OC)[C@H](O[C@H]7C[C@@H](O)[C@H](O[C@H]8C[C@H](OC)[C@H](O[C@H]9C[C@H](OC)[C@H](O)[C@@H](C)O9)[C@@H](C)O8)[C@@H](C)O7)[C@@H](C)O6)[C@@H](C)O5)OO[C@@H]4[C@@H](C)O3)C2)C1=O. The monoisotopic (exact) mass is 1340 g/mol. The van der Waals surface area contributed by atoms with Crippen molar-refractivity contribution < 1.29 is 120 Å². The van der Waals surface area contributed by atoms with Gasteiger partial charge in [0.1, 0.15) is 43.2 Å². The average molecular weight is 1340 g/mol. The molecule has 0 bridgehead atoms. The summed E-state index contributed by atoms with van der Waals surface area (Å²) in [7, 11) is 7.92. The van der Waals surface area contributed by atoms with Gasteiger partial charge in [0.25, 0.3) is 5.78 Å². The molecule has 0 aromatic carbocycles. The molecule has 3 N–H and O–H groups in total. The third-order valence-corrected chi connectivity index (χ3v) is 24.2. The predicted molar refractivity (Wildman–Crippen MR) is 330 cm³/mol. The Kier molecular flexibility index (Phi) is 22.3. The average Bonchev–Trinajstić information content (AvgIpc) is 1.46. The number of allylic oxidation sites excluding steroid dienone is 1. The molecule has 7 saturated heterocycles. The van der Waals surface area contributed by atoms with E-state index in [-0.39, 0.29) is 48.3 Å². The molecule has 1 spiro atoms. The quantitative estimate of drug-likeness (QED) is 0.0972. The van der Waals surface area contributed by atoms with Crippen molar-refractivity contribution in [1.82, 2.24) is 0 Å². The molecule has 0 unspecified atom stereocenters. The number of hydrogen-bond donors (Lipinski definition) is 3. The van der Waals surface area contributed by atoms with Crippen LogP contribution >= 0.6 is 0 Å². The first-order valence-electron chi connectivity index (χ1n) is 35.0. The van der Waals surface area contributed by atoms with Gasteiger partial charge in [-0.15, -0.1) is 0 Å². The number of ketones is 1.